The highest BCUT2D eigenvalue weighted by Gasteiger charge is 2.14. The second kappa shape index (κ2) is 8.71. The van der Waals surface area contributed by atoms with Crippen molar-refractivity contribution in [2.24, 2.45) is 0 Å². The van der Waals surface area contributed by atoms with E-state index in [1.165, 1.54) is 18.9 Å². The molecule has 160 valence electrons. The van der Waals surface area contributed by atoms with Crippen LogP contribution in [0.1, 0.15) is 23.2 Å². The summed E-state index contributed by atoms with van der Waals surface area (Å²) in [4.78, 5) is 27.0. The van der Waals surface area contributed by atoms with E-state index in [1.807, 2.05) is 60.7 Å². The summed E-state index contributed by atoms with van der Waals surface area (Å²) in [6, 6.07) is 24.2. The van der Waals surface area contributed by atoms with Crippen molar-refractivity contribution >= 4 is 22.4 Å². The fourth-order valence-electron chi connectivity index (χ4n) is 4.16. The van der Waals surface area contributed by atoms with E-state index in [0.717, 1.165) is 35.3 Å². The molecule has 1 aliphatic heterocycles. The minimum Gasteiger partial charge on any atom is -0.485 e. The first kappa shape index (κ1) is 20.1. The van der Waals surface area contributed by atoms with Crippen LogP contribution in [0.25, 0.3) is 22.1 Å². The van der Waals surface area contributed by atoms with Crippen molar-refractivity contribution in [3.63, 3.8) is 0 Å². The van der Waals surface area contributed by atoms with Gasteiger partial charge in [0.1, 0.15) is 11.3 Å². The molecule has 0 atom stereocenters. The number of hydrogen-bond donors (Lipinski definition) is 0. The minimum atomic E-state index is -0.428. The second-order valence-electron chi connectivity index (χ2n) is 7.96. The van der Waals surface area contributed by atoms with E-state index >= 15 is 0 Å². The summed E-state index contributed by atoms with van der Waals surface area (Å²) in [6.07, 6.45) is 2.43. The number of fused-ring (bicyclic) bond motifs is 1. The van der Waals surface area contributed by atoms with Crippen molar-refractivity contribution in [3.8, 4) is 16.9 Å². The van der Waals surface area contributed by atoms with Gasteiger partial charge in [-0.1, -0.05) is 30.3 Å². The van der Waals surface area contributed by atoms with Gasteiger partial charge in [-0.25, -0.2) is 4.79 Å². The van der Waals surface area contributed by atoms with Crippen LogP contribution in [0.4, 0.5) is 5.69 Å². The molecule has 0 spiro atoms. The smallest absolute Gasteiger partial charge is 0.336 e. The minimum absolute atomic E-state index is 0.0861. The lowest BCUT2D eigenvalue weighted by atomic mass is 10.0. The van der Waals surface area contributed by atoms with E-state index in [9.17, 15) is 9.59 Å². The van der Waals surface area contributed by atoms with Gasteiger partial charge < -0.3 is 14.1 Å². The molecule has 0 N–H and O–H groups in total. The third-order valence-electron chi connectivity index (χ3n) is 5.83. The quantitative estimate of drug-likeness (QED) is 0.309. The van der Waals surface area contributed by atoms with Gasteiger partial charge in [0.25, 0.3) is 0 Å². The standard InChI is InChI=1S/C27H23NO4/c29-25(20-8-10-21(11-9-20)28-14-4-5-15-28)18-31-22-12-13-23-24(19-6-2-1-3-7-19)17-27(30)32-26(23)16-22/h1-3,6-13,16-17H,4-5,14-15,18H2. The summed E-state index contributed by atoms with van der Waals surface area (Å²) in [6.45, 7) is 2.05. The maximum Gasteiger partial charge on any atom is 0.336 e. The summed E-state index contributed by atoms with van der Waals surface area (Å²) in [5.74, 6) is 0.380. The molecule has 0 amide bonds. The molecule has 5 heteroatoms. The molecule has 0 bridgehead atoms. The third kappa shape index (κ3) is 4.14. The van der Waals surface area contributed by atoms with Crippen LogP contribution in [0.3, 0.4) is 0 Å². The predicted octanol–water partition coefficient (Wildman–Crippen LogP) is 5.32. The molecule has 0 aliphatic carbocycles. The number of carbonyl (C=O) groups is 1. The van der Waals surface area contributed by atoms with Gasteiger partial charge in [0, 0.05) is 41.9 Å². The highest BCUT2D eigenvalue weighted by molar-refractivity contribution is 5.98. The third-order valence-corrected chi connectivity index (χ3v) is 5.83. The van der Waals surface area contributed by atoms with Crippen LogP contribution in [0, 0.1) is 0 Å². The highest BCUT2D eigenvalue weighted by atomic mass is 16.5. The molecule has 5 rings (SSSR count). The SMILES string of the molecule is O=C(COc1ccc2c(-c3ccccc3)cc(=O)oc2c1)c1ccc(N2CCCC2)cc1. The van der Waals surface area contributed by atoms with Crippen molar-refractivity contribution in [1.29, 1.82) is 0 Å². The lowest BCUT2D eigenvalue weighted by molar-refractivity contribution is 0.0921. The number of carbonyl (C=O) groups excluding carboxylic acids is 1. The zero-order valence-corrected chi connectivity index (χ0v) is 17.6. The molecular weight excluding hydrogens is 402 g/mol. The number of rotatable bonds is 6. The fourth-order valence-corrected chi connectivity index (χ4v) is 4.16. The van der Waals surface area contributed by atoms with E-state index < -0.39 is 5.63 Å². The Morgan fingerprint density at radius 2 is 1.66 bits per heavy atom. The van der Waals surface area contributed by atoms with Crippen LogP contribution < -0.4 is 15.3 Å². The van der Waals surface area contributed by atoms with Gasteiger partial charge in [-0.15, -0.1) is 0 Å². The van der Waals surface area contributed by atoms with Crippen molar-refractivity contribution in [2.45, 2.75) is 12.8 Å². The normalized spacial score (nSPS) is 13.4. The van der Waals surface area contributed by atoms with Crippen molar-refractivity contribution in [1.82, 2.24) is 0 Å². The van der Waals surface area contributed by atoms with Crippen LogP contribution in [0.5, 0.6) is 5.75 Å². The summed E-state index contributed by atoms with van der Waals surface area (Å²) in [5, 5.41) is 0.812. The fraction of sp³-hybridized carbons (Fsp3) is 0.185. The molecule has 32 heavy (non-hydrogen) atoms. The molecule has 4 aromatic rings. The number of ether oxygens (including phenoxy) is 1. The van der Waals surface area contributed by atoms with Gasteiger partial charge in [0.2, 0.25) is 0 Å². The lowest BCUT2D eigenvalue weighted by Gasteiger charge is -2.17. The Kier molecular flexibility index (Phi) is 5.46. The number of ketones is 1. The number of Topliss-reactive ketones (excluding diaryl/α,β-unsaturated/α-hetero) is 1. The average Bonchev–Trinajstić information content (AvgIpc) is 3.37. The Labute approximate surface area is 185 Å². The molecular formula is C27H23NO4. The van der Waals surface area contributed by atoms with E-state index in [0.29, 0.717) is 16.9 Å². The van der Waals surface area contributed by atoms with E-state index in [4.69, 9.17) is 9.15 Å². The Morgan fingerprint density at radius 3 is 2.41 bits per heavy atom. The van der Waals surface area contributed by atoms with Crippen molar-refractivity contribution in [3.05, 3.63) is 94.8 Å². The van der Waals surface area contributed by atoms with Crippen molar-refractivity contribution < 1.29 is 13.9 Å². The Balaban J connectivity index is 1.32. The van der Waals surface area contributed by atoms with Crippen LogP contribution in [-0.2, 0) is 0 Å². The largest absolute Gasteiger partial charge is 0.485 e. The number of anilines is 1. The molecule has 5 nitrogen and oxygen atoms in total. The van der Waals surface area contributed by atoms with E-state index in [-0.39, 0.29) is 12.4 Å². The summed E-state index contributed by atoms with van der Waals surface area (Å²) >= 11 is 0. The Hall–Kier alpha value is -3.86. The number of hydrogen-bond acceptors (Lipinski definition) is 5. The van der Waals surface area contributed by atoms with E-state index in [2.05, 4.69) is 4.90 Å². The number of benzene rings is 3. The van der Waals surface area contributed by atoms with Crippen LogP contribution in [-0.4, -0.2) is 25.5 Å². The van der Waals surface area contributed by atoms with Gasteiger partial charge in [-0.2, -0.15) is 0 Å². The zero-order chi connectivity index (χ0) is 21.9. The molecule has 0 unspecified atom stereocenters. The summed E-state index contributed by atoms with van der Waals surface area (Å²) in [7, 11) is 0. The van der Waals surface area contributed by atoms with Gasteiger partial charge >= 0.3 is 5.63 Å². The van der Waals surface area contributed by atoms with Crippen molar-refractivity contribution in [2.75, 3.05) is 24.6 Å². The molecule has 0 radical (unpaired) electrons. The second-order valence-corrected chi connectivity index (χ2v) is 7.96. The maximum absolute atomic E-state index is 12.6. The number of nitrogens with zero attached hydrogens (tertiary/aromatic N) is 1. The first-order valence-electron chi connectivity index (χ1n) is 10.8. The van der Waals surface area contributed by atoms with E-state index in [1.54, 1.807) is 12.1 Å². The van der Waals surface area contributed by atoms with Gasteiger partial charge in [-0.05, 0) is 60.4 Å². The average molecular weight is 425 g/mol. The van der Waals surface area contributed by atoms with Crippen LogP contribution in [0.2, 0.25) is 0 Å². The molecule has 2 heterocycles. The molecule has 1 aromatic heterocycles. The Morgan fingerprint density at radius 1 is 0.906 bits per heavy atom. The first-order valence-corrected chi connectivity index (χ1v) is 10.8. The molecule has 3 aromatic carbocycles. The summed E-state index contributed by atoms with van der Waals surface area (Å²) in [5.41, 5.74) is 3.51. The maximum atomic E-state index is 12.6. The van der Waals surface area contributed by atoms with Gasteiger partial charge in [0.05, 0.1) is 0 Å². The van der Waals surface area contributed by atoms with Crippen LogP contribution >= 0.6 is 0 Å². The molecule has 1 aliphatic rings. The molecule has 0 saturated carbocycles. The highest BCUT2D eigenvalue weighted by Crippen LogP contribution is 2.29. The molecule has 1 saturated heterocycles. The lowest BCUT2D eigenvalue weighted by Crippen LogP contribution is -2.18. The first-order chi connectivity index (χ1) is 15.7. The monoisotopic (exact) mass is 425 g/mol. The zero-order valence-electron chi connectivity index (χ0n) is 17.6. The molecule has 1 fully saturated rings. The van der Waals surface area contributed by atoms with Crippen LogP contribution in [0.15, 0.2) is 88.1 Å². The van der Waals surface area contributed by atoms with Gasteiger partial charge in [0.15, 0.2) is 12.4 Å². The summed E-state index contributed by atoms with van der Waals surface area (Å²) < 4.78 is 11.1. The Bertz CT molecular complexity index is 1300. The van der Waals surface area contributed by atoms with Gasteiger partial charge in [-0.3, -0.25) is 4.79 Å². The predicted molar refractivity (Wildman–Crippen MR) is 126 cm³/mol. The topological polar surface area (TPSA) is 59.8 Å².